The lowest BCUT2D eigenvalue weighted by Crippen LogP contribution is -2.46. The third-order valence-electron chi connectivity index (χ3n) is 4.50. The molecule has 3 amide bonds. The van der Waals surface area contributed by atoms with Crippen molar-refractivity contribution in [1.82, 2.24) is 20.4 Å². The van der Waals surface area contributed by atoms with E-state index in [2.05, 4.69) is 36.8 Å². The maximum atomic E-state index is 12.6. The molecule has 148 valence electrons. The number of H-pyrrole nitrogens is 1. The molecule has 8 nitrogen and oxygen atoms in total. The van der Waals surface area contributed by atoms with Crippen LogP contribution in [0.4, 0.5) is 5.82 Å². The highest BCUT2D eigenvalue weighted by atomic mass is 79.9. The van der Waals surface area contributed by atoms with Crippen LogP contribution in [0.15, 0.2) is 28.7 Å². The fourth-order valence-electron chi connectivity index (χ4n) is 2.94. The smallest absolute Gasteiger partial charge is 0.271 e. The van der Waals surface area contributed by atoms with Gasteiger partial charge in [0, 0.05) is 13.6 Å². The highest BCUT2D eigenvalue weighted by Gasteiger charge is 2.28. The summed E-state index contributed by atoms with van der Waals surface area (Å²) in [6.45, 7) is 0.678. The Morgan fingerprint density at radius 1 is 1.29 bits per heavy atom. The van der Waals surface area contributed by atoms with Crippen molar-refractivity contribution < 1.29 is 14.4 Å². The fourth-order valence-corrected chi connectivity index (χ4v) is 3.62. The molecule has 0 spiro atoms. The van der Waals surface area contributed by atoms with Crippen LogP contribution in [0.3, 0.4) is 0 Å². The summed E-state index contributed by atoms with van der Waals surface area (Å²) in [4.78, 5) is 38.9. The van der Waals surface area contributed by atoms with E-state index in [1.807, 2.05) is 0 Å². The first-order valence-corrected chi connectivity index (χ1v) is 9.91. The minimum absolute atomic E-state index is 0.117. The summed E-state index contributed by atoms with van der Waals surface area (Å²) in [5.74, 6) is -0.898. The molecule has 0 aliphatic carbocycles. The maximum Gasteiger partial charge on any atom is 0.271 e. The third-order valence-corrected chi connectivity index (χ3v) is 5.60. The van der Waals surface area contributed by atoms with Gasteiger partial charge in [0.1, 0.15) is 11.7 Å². The van der Waals surface area contributed by atoms with Crippen molar-refractivity contribution in [2.24, 2.45) is 0 Å². The van der Waals surface area contributed by atoms with Gasteiger partial charge in [-0.2, -0.15) is 5.10 Å². The molecule has 1 unspecified atom stereocenters. The van der Waals surface area contributed by atoms with Gasteiger partial charge in [0.15, 0.2) is 5.82 Å². The van der Waals surface area contributed by atoms with E-state index < -0.39 is 17.9 Å². The number of carbonyl (C=O) groups is 3. The van der Waals surface area contributed by atoms with Crippen LogP contribution >= 0.6 is 27.5 Å². The number of likely N-dealkylation sites (N-methyl/N-ethyl adjacent to an activating group) is 1. The van der Waals surface area contributed by atoms with E-state index in [4.69, 9.17) is 11.6 Å². The predicted octanol–water partition coefficient (Wildman–Crippen LogP) is 2.82. The van der Waals surface area contributed by atoms with Crippen LogP contribution in [0.25, 0.3) is 0 Å². The van der Waals surface area contributed by atoms with Gasteiger partial charge in [-0.3, -0.25) is 19.5 Å². The second-order valence-electron chi connectivity index (χ2n) is 6.48. The quantitative estimate of drug-likeness (QED) is 0.641. The van der Waals surface area contributed by atoms with Crippen LogP contribution < -0.4 is 10.6 Å². The fraction of sp³-hybridized carbons (Fsp3) is 0.333. The summed E-state index contributed by atoms with van der Waals surface area (Å²) in [5, 5.41) is 12.2. The predicted molar refractivity (Wildman–Crippen MR) is 108 cm³/mol. The number of carbonyl (C=O) groups excluding carboxylic acids is 3. The van der Waals surface area contributed by atoms with Crippen LogP contribution in [-0.2, 0) is 4.79 Å². The first kappa shape index (κ1) is 20.3. The number of anilines is 1. The lowest BCUT2D eigenvalue weighted by atomic mass is 10.1. The number of hydrogen-bond donors (Lipinski definition) is 3. The minimum atomic E-state index is -0.587. The molecule has 10 heteroatoms. The zero-order valence-corrected chi connectivity index (χ0v) is 17.4. The number of rotatable bonds is 4. The summed E-state index contributed by atoms with van der Waals surface area (Å²) in [7, 11) is 1.72. The number of benzene rings is 1. The first-order chi connectivity index (χ1) is 13.4. The highest BCUT2D eigenvalue weighted by molar-refractivity contribution is 9.10. The maximum absolute atomic E-state index is 12.6. The van der Waals surface area contributed by atoms with Crippen LogP contribution in [0, 0.1) is 0 Å². The Balaban J connectivity index is 1.72. The molecule has 1 aromatic heterocycles. The van der Waals surface area contributed by atoms with E-state index in [1.54, 1.807) is 36.2 Å². The number of hydrogen-bond acceptors (Lipinski definition) is 4. The Bertz CT molecular complexity index is 916. The third kappa shape index (κ3) is 4.36. The van der Waals surface area contributed by atoms with Crippen molar-refractivity contribution in [2.45, 2.75) is 25.3 Å². The molecule has 3 rings (SSSR count). The van der Waals surface area contributed by atoms with Gasteiger partial charge >= 0.3 is 0 Å². The Kier molecular flexibility index (Phi) is 6.35. The Morgan fingerprint density at radius 3 is 2.79 bits per heavy atom. The molecule has 3 N–H and O–H groups in total. The lowest BCUT2D eigenvalue weighted by molar-refractivity contribution is -0.131. The van der Waals surface area contributed by atoms with Gasteiger partial charge in [-0.15, -0.1) is 0 Å². The van der Waals surface area contributed by atoms with Gasteiger partial charge < -0.3 is 15.5 Å². The molecular weight excluding hydrogens is 450 g/mol. The second-order valence-corrected chi connectivity index (χ2v) is 7.68. The molecular formula is C18H19BrClN5O3. The first-order valence-electron chi connectivity index (χ1n) is 8.74. The largest absolute Gasteiger partial charge is 0.344 e. The van der Waals surface area contributed by atoms with E-state index >= 15 is 0 Å². The molecule has 1 atom stereocenters. The summed E-state index contributed by atoms with van der Waals surface area (Å²) >= 11 is 9.31. The van der Waals surface area contributed by atoms with Crippen molar-refractivity contribution in [1.29, 1.82) is 0 Å². The van der Waals surface area contributed by atoms with E-state index in [1.165, 1.54) is 0 Å². The monoisotopic (exact) mass is 467 g/mol. The Labute approximate surface area is 175 Å². The minimum Gasteiger partial charge on any atom is -0.344 e. The van der Waals surface area contributed by atoms with Gasteiger partial charge in [-0.05, 0) is 47.3 Å². The van der Waals surface area contributed by atoms with Crippen LogP contribution in [0.5, 0.6) is 0 Å². The van der Waals surface area contributed by atoms with Crippen molar-refractivity contribution in [3.8, 4) is 0 Å². The molecule has 1 aromatic carbocycles. The summed E-state index contributed by atoms with van der Waals surface area (Å²) < 4.78 is 0.292. The molecule has 1 aliphatic heterocycles. The molecule has 1 fully saturated rings. The normalized spacial score (nSPS) is 17.2. The summed E-state index contributed by atoms with van der Waals surface area (Å²) in [5.41, 5.74) is 0.409. The number of aromatic nitrogens is 2. The molecule has 1 aliphatic rings. The number of aromatic amines is 1. The molecule has 1 saturated heterocycles. The average Bonchev–Trinajstić information content (AvgIpc) is 2.95. The number of nitrogens with zero attached hydrogens (tertiary/aromatic N) is 2. The van der Waals surface area contributed by atoms with Gasteiger partial charge in [0.25, 0.3) is 11.8 Å². The summed E-state index contributed by atoms with van der Waals surface area (Å²) in [6, 6.07) is 6.02. The van der Waals surface area contributed by atoms with Crippen molar-refractivity contribution in [3.63, 3.8) is 0 Å². The Morgan fingerprint density at radius 2 is 2.04 bits per heavy atom. The number of halogens is 2. The van der Waals surface area contributed by atoms with E-state index in [-0.39, 0.29) is 23.0 Å². The van der Waals surface area contributed by atoms with Crippen LogP contribution in [0.1, 0.15) is 40.1 Å². The van der Waals surface area contributed by atoms with E-state index in [0.717, 1.165) is 12.8 Å². The molecule has 28 heavy (non-hydrogen) atoms. The van der Waals surface area contributed by atoms with Crippen molar-refractivity contribution in [2.75, 3.05) is 18.9 Å². The standard InChI is InChI=1S/C18H19BrClN5O3/c1-25-9-5-4-8-12(18(25)28)21-17(27)14-13(19)15(24-23-14)22-16(26)10-6-2-3-7-11(10)20/h2-3,6-7,12H,4-5,8-9H2,1H3,(H,21,27)(H2,22,23,24,26). The molecule has 0 radical (unpaired) electrons. The number of amides is 3. The van der Waals surface area contributed by atoms with Crippen LogP contribution in [-0.4, -0.2) is 52.5 Å². The second kappa shape index (κ2) is 8.74. The Hall–Kier alpha value is -2.39. The molecule has 2 heterocycles. The summed E-state index contributed by atoms with van der Waals surface area (Å²) in [6.07, 6.45) is 2.33. The van der Waals surface area contributed by atoms with Crippen LogP contribution in [0.2, 0.25) is 5.02 Å². The van der Waals surface area contributed by atoms with E-state index in [0.29, 0.717) is 22.5 Å². The zero-order chi connectivity index (χ0) is 20.3. The highest BCUT2D eigenvalue weighted by Crippen LogP contribution is 2.25. The number of likely N-dealkylation sites (tertiary alicyclic amines) is 1. The van der Waals surface area contributed by atoms with Gasteiger partial charge in [-0.1, -0.05) is 23.7 Å². The van der Waals surface area contributed by atoms with E-state index in [9.17, 15) is 14.4 Å². The van der Waals surface area contributed by atoms with Crippen molar-refractivity contribution >= 4 is 51.1 Å². The van der Waals surface area contributed by atoms with Gasteiger partial charge in [0.2, 0.25) is 5.91 Å². The SMILES string of the molecule is CN1CCCCC(NC(=O)c2[nH]nc(NC(=O)c3ccccc3Cl)c2Br)C1=O. The van der Waals surface area contributed by atoms with Gasteiger partial charge in [0.05, 0.1) is 15.1 Å². The average molecular weight is 469 g/mol. The van der Waals surface area contributed by atoms with Gasteiger partial charge in [-0.25, -0.2) is 0 Å². The molecule has 0 saturated carbocycles. The topological polar surface area (TPSA) is 107 Å². The number of nitrogens with one attached hydrogen (secondary N) is 3. The van der Waals surface area contributed by atoms with Crippen molar-refractivity contribution in [3.05, 3.63) is 45.0 Å². The molecule has 2 aromatic rings. The molecule has 0 bridgehead atoms. The lowest BCUT2D eigenvalue weighted by Gasteiger charge is -2.20. The zero-order valence-electron chi connectivity index (χ0n) is 15.1.